The van der Waals surface area contributed by atoms with Crippen molar-refractivity contribution in [2.75, 3.05) is 7.11 Å². The summed E-state index contributed by atoms with van der Waals surface area (Å²) in [4.78, 5) is 33.2. The zero-order chi connectivity index (χ0) is 14.4. The summed E-state index contributed by atoms with van der Waals surface area (Å²) < 4.78 is 9.85. The number of hydrogen-bond donors (Lipinski definition) is 2. The third-order valence-corrected chi connectivity index (χ3v) is 2.18. The molecule has 19 heavy (non-hydrogen) atoms. The van der Waals surface area contributed by atoms with Crippen molar-refractivity contribution in [2.24, 2.45) is 5.73 Å². The SMILES string of the molecule is COC(=O)c1cccc(O[C@H](C)C(=O)NC(N)=O)c1. The van der Waals surface area contributed by atoms with Crippen molar-refractivity contribution in [1.29, 1.82) is 0 Å². The van der Waals surface area contributed by atoms with Crippen LogP contribution in [0.1, 0.15) is 17.3 Å². The molecule has 0 fully saturated rings. The van der Waals surface area contributed by atoms with Gasteiger partial charge in [0.25, 0.3) is 5.91 Å². The molecule has 3 N–H and O–H groups in total. The fraction of sp³-hybridized carbons (Fsp3) is 0.250. The number of primary amides is 1. The van der Waals surface area contributed by atoms with E-state index < -0.39 is 24.0 Å². The number of nitrogens with two attached hydrogens (primary N) is 1. The minimum Gasteiger partial charge on any atom is -0.481 e. The molecule has 102 valence electrons. The van der Waals surface area contributed by atoms with Gasteiger partial charge in [-0.25, -0.2) is 9.59 Å². The van der Waals surface area contributed by atoms with Gasteiger partial charge in [0.2, 0.25) is 0 Å². The molecule has 7 heteroatoms. The topological polar surface area (TPSA) is 108 Å². The summed E-state index contributed by atoms with van der Waals surface area (Å²) in [5.41, 5.74) is 5.11. The highest BCUT2D eigenvalue weighted by atomic mass is 16.5. The van der Waals surface area contributed by atoms with Crippen molar-refractivity contribution in [2.45, 2.75) is 13.0 Å². The van der Waals surface area contributed by atoms with E-state index in [0.717, 1.165) is 0 Å². The van der Waals surface area contributed by atoms with E-state index >= 15 is 0 Å². The molecule has 1 atom stereocenters. The van der Waals surface area contributed by atoms with Gasteiger partial charge in [-0.3, -0.25) is 10.1 Å². The Morgan fingerprint density at radius 1 is 1.32 bits per heavy atom. The van der Waals surface area contributed by atoms with Crippen molar-refractivity contribution >= 4 is 17.9 Å². The minimum absolute atomic E-state index is 0.294. The standard InChI is InChI=1S/C12H14N2O5/c1-7(10(15)14-12(13)17)19-9-5-3-4-8(6-9)11(16)18-2/h3-7H,1-2H3,(H3,13,14,15,17)/t7-/m1/s1. The molecule has 0 radical (unpaired) electrons. The molecule has 0 spiro atoms. The number of methoxy groups -OCH3 is 1. The summed E-state index contributed by atoms with van der Waals surface area (Å²) in [5, 5.41) is 1.89. The average molecular weight is 266 g/mol. The number of hydrogen-bond acceptors (Lipinski definition) is 5. The number of imide groups is 1. The lowest BCUT2D eigenvalue weighted by Crippen LogP contribution is -2.42. The third-order valence-electron chi connectivity index (χ3n) is 2.18. The molecule has 0 saturated heterocycles. The number of rotatable bonds is 4. The highest BCUT2D eigenvalue weighted by Crippen LogP contribution is 2.15. The molecule has 1 aromatic carbocycles. The van der Waals surface area contributed by atoms with Crippen LogP contribution in [0.4, 0.5) is 4.79 Å². The van der Waals surface area contributed by atoms with E-state index in [1.54, 1.807) is 18.2 Å². The molecule has 0 heterocycles. The smallest absolute Gasteiger partial charge is 0.337 e. The van der Waals surface area contributed by atoms with E-state index in [0.29, 0.717) is 11.3 Å². The van der Waals surface area contributed by atoms with Crippen LogP contribution in [-0.2, 0) is 9.53 Å². The number of carbonyl (C=O) groups is 3. The second kappa shape index (κ2) is 6.39. The van der Waals surface area contributed by atoms with Crippen LogP contribution in [0.3, 0.4) is 0 Å². The van der Waals surface area contributed by atoms with Gasteiger partial charge in [0, 0.05) is 0 Å². The number of esters is 1. The first-order chi connectivity index (χ1) is 8.93. The molecule has 0 aliphatic heterocycles. The monoisotopic (exact) mass is 266 g/mol. The van der Waals surface area contributed by atoms with E-state index in [1.807, 2.05) is 5.32 Å². The third kappa shape index (κ3) is 4.30. The quantitative estimate of drug-likeness (QED) is 0.768. The summed E-state index contributed by atoms with van der Waals surface area (Å²) in [6.45, 7) is 1.45. The maximum absolute atomic E-state index is 11.4. The van der Waals surface area contributed by atoms with Crippen LogP contribution < -0.4 is 15.8 Å². The lowest BCUT2D eigenvalue weighted by molar-refractivity contribution is -0.126. The van der Waals surface area contributed by atoms with Crippen molar-refractivity contribution in [3.8, 4) is 5.75 Å². The molecular formula is C12H14N2O5. The summed E-state index contributed by atoms with van der Waals surface area (Å²) in [7, 11) is 1.26. The number of amides is 3. The summed E-state index contributed by atoms with van der Waals surface area (Å²) in [6, 6.07) is 5.18. The molecule has 0 saturated carbocycles. The highest BCUT2D eigenvalue weighted by Gasteiger charge is 2.16. The molecule has 7 nitrogen and oxygen atoms in total. The molecule has 0 aliphatic rings. The second-order valence-corrected chi connectivity index (χ2v) is 3.63. The molecular weight excluding hydrogens is 252 g/mol. The Balaban J connectivity index is 2.74. The fourth-order valence-corrected chi connectivity index (χ4v) is 1.29. The normalized spacial score (nSPS) is 11.3. The maximum Gasteiger partial charge on any atom is 0.337 e. The van der Waals surface area contributed by atoms with Gasteiger partial charge < -0.3 is 15.2 Å². The first-order valence-electron chi connectivity index (χ1n) is 5.39. The molecule has 0 aromatic heterocycles. The molecule has 0 unspecified atom stereocenters. The minimum atomic E-state index is -0.955. The average Bonchev–Trinajstić information content (AvgIpc) is 2.37. The van der Waals surface area contributed by atoms with E-state index in [1.165, 1.54) is 20.1 Å². The second-order valence-electron chi connectivity index (χ2n) is 3.63. The Morgan fingerprint density at radius 2 is 2.00 bits per heavy atom. The molecule has 3 amide bonds. The van der Waals surface area contributed by atoms with Gasteiger partial charge in [0.15, 0.2) is 6.10 Å². The van der Waals surface area contributed by atoms with E-state index in [4.69, 9.17) is 10.5 Å². The van der Waals surface area contributed by atoms with E-state index in [9.17, 15) is 14.4 Å². The molecule has 1 rings (SSSR count). The van der Waals surface area contributed by atoms with Crippen LogP contribution in [0.5, 0.6) is 5.75 Å². The summed E-state index contributed by atoms with van der Waals surface area (Å²) in [5.74, 6) is -0.884. The van der Waals surface area contributed by atoms with Crippen LogP contribution >= 0.6 is 0 Å². The number of carbonyl (C=O) groups excluding carboxylic acids is 3. The Hall–Kier alpha value is -2.57. The van der Waals surface area contributed by atoms with Crippen LogP contribution in [0.2, 0.25) is 0 Å². The van der Waals surface area contributed by atoms with Crippen molar-refractivity contribution in [1.82, 2.24) is 5.32 Å². The van der Waals surface area contributed by atoms with Crippen LogP contribution in [0.25, 0.3) is 0 Å². The number of ether oxygens (including phenoxy) is 2. The van der Waals surface area contributed by atoms with Gasteiger partial charge in [-0.1, -0.05) is 6.07 Å². The van der Waals surface area contributed by atoms with E-state index in [2.05, 4.69) is 4.74 Å². The zero-order valence-electron chi connectivity index (χ0n) is 10.5. The van der Waals surface area contributed by atoms with Gasteiger partial charge in [-0.2, -0.15) is 0 Å². The summed E-state index contributed by atoms with van der Waals surface area (Å²) >= 11 is 0. The number of benzene rings is 1. The van der Waals surface area contributed by atoms with Crippen molar-refractivity contribution in [3.05, 3.63) is 29.8 Å². The van der Waals surface area contributed by atoms with Crippen molar-refractivity contribution in [3.63, 3.8) is 0 Å². The highest BCUT2D eigenvalue weighted by molar-refractivity contribution is 5.95. The van der Waals surface area contributed by atoms with Gasteiger partial charge >= 0.3 is 12.0 Å². The Kier molecular flexibility index (Phi) is 4.87. The molecule has 0 aliphatic carbocycles. The van der Waals surface area contributed by atoms with Crippen LogP contribution in [-0.4, -0.2) is 31.1 Å². The fourth-order valence-electron chi connectivity index (χ4n) is 1.29. The Bertz CT molecular complexity index is 501. The van der Waals surface area contributed by atoms with Crippen molar-refractivity contribution < 1.29 is 23.9 Å². The number of nitrogens with one attached hydrogen (secondary N) is 1. The van der Waals surface area contributed by atoms with Gasteiger partial charge in [0.1, 0.15) is 5.75 Å². The zero-order valence-corrected chi connectivity index (χ0v) is 10.5. The van der Waals surface area contributed by atoms with Crippen LogP contribution in [0.15, 0.2) is 24.3 Å². The number of urea groups is 1. The van der Waals surface area contributed by atoms with Crippen LogP contribution in [0, 0.1) is 0 Å². The molecule has 1 aromatic rings. The maximum atomic E-state index is 11.4. The lowest BCUT2D eigenvalue weighted by atomic mass is 10.2. The predicted octanol–water partition coefficient (Wildman–Crippen LogP) is 0.435. The lowest BCUT2D eigenvalue weighted by Gasteiger charge is -2.13. The van der Waals surface area contributed by atoms with Gasteiger partial charge in [-0.15, -0.1) is 0 Å². The predicted molar refractivity (Wildman–Crippen MR) is 65.6 cm³/mol. The summed E-state index contributed by atoms with van der Waals surface area (Å²) in [6.07, 6.45) is -0.930. The first kappa shape index (κ1) is 14.5. The Labute approximate surface area is 109 Å². The Morgan fingerprint density at radius 3 is 2.58 bits per heavy atom. The largest absolute Gasteiger partial charge is 0.481 e. The van der Waals surface area contributed by atoms with Gasteiger partial charge in [-0.05, 0) is 25.1 Å². The van der Waals surface area contributed by atoms with E-state index in [-0.39, 0.29) is 0 Å². The first-order valence-corrected chi connectivity index (χ1v) is 5.39. The van der Waals surface area contributed by atoms with Gasteiger partial charge in [0.05, 0.1) is 12.7 Å². The molecule has 0 bridgehead atoms.